The number of nitrogens with zero attached hydrogens (tertiary/aromatic N) is 4. The van der Waals surface area contributed by atoms with Gasteiger partial charge in [0.15, 0.2) is 4.80 Å². The lowest BCUT2D eigenvalue weighted by atomic mass is 9.92. The highest BCUT2D eigenvalue weighted by Crippen LogP contribution is 2.35. The molecule has 0 fully saturated rings. The van der Waals surface area contributed by atoms with Gasteiger partial charge in [0.25, 0.3) is 5.56 Å². The smallest absolute Gasteiger partial charge is 0.338 e. The van der Waals surface area contributed by atoms with Crippen molar-refractivity contribution in [3.63, 3.8) is 0 Å². The first-order valence-electron chi connectivity index (χ1n) is 15.0. The molecule has 228 valence electrons. The number of fused-ring (bicyclic) bond motifs is 1. The Bertz CT molecular complexity index is 2010. The van der Waals surface area contributed by atoms with Gasteiger partial charge in [-0.3, -0.25) is 9.36 Å². The second-order valence-corrected chi connectivity index (χ2v) is 13.7. The Kier molecular flexibility index (Phi) is 8.96. The van der Waals surface area contributed by atoms with Gasteiger partial charge in [0.1, 0.15) is 11.1 Å². The number of carbonyl (C=O) groups excluding carboxylic acids is 1. The molecule has 0 saturated heterocycles. The number of aryl methyl sites for hydroxylation is 2. The summed E-state index contributed by atoms with van der Waals surface area (Å²) >= 11 is 2.94. The topological polar surface area (TPSA) is 89.4 Å². The van der Waals surface area contributed by atoms with Crippen LogP contribution in [0.2, 0.25) is 0 Å². The number of nitriles is 1. The second kappa shape index (κ2) is 12.5. The van der Waals surface area contributed by atoms with Crippen molar-refractivity contribution in [2.75, 3.05) is 6.61 Å². The maximum atomic E-state index is 14.2. The third-order valence-electron chi connectivity index (χ3n) is 8.25. The van der Waals surface area contributed by atoms with E-state index in [9.17, 15) is 14.9 Å². The number of carbonyl (C=O) groups is 1. The van der Waals surface area contributed by atoms with E-state index in [4.69, 9.17) is 9.73 Å². The van der Waals surface area contributed by atoms with Crippen LogP contribution in [0, 0.1) is 39.0 Å². The van der Waals surface area contributed by atoms with Crippen molar-refractivity contribution in [3.05, 3.63) is 105 Å². The molecule has 0 unspecified atom stereocenters. The van der Waals surface area contributed by atoms with E-state index in [2.05, 4.69) is 43.5 Å². The summed E-state index contributed by atoms with van der Waals surface area (Å²) in [5, 5.41) is 10.8. The summed E-state index contributed by atoms with van der Waals surface area (Å²) in [7, 11) is 0. The Hall–Kier alpha value is -4.00. The van der Waals surface area contributed by atoms with E-state index in [0.717, 1.165) is 44.4 Å². The number of allylic oxidation sites excluding steroid dienone is 1. The molecule has 0 bridgehead atoms. The molecule has 1 atom stereocenters. The number of rotatable bonds is 8. The lowest BCUT2D eigenvalue weighted by Gasteiger charge is -2.26. The molecule has 0 amide bonds. The zero-order valence-corrected chi connectivity index (χ0v) is 28.2. The lowest BCUT2D eigenvalue weighted by molar-refractivity contribution is -0.139. The number of ether oxygens (including phenoxy) is 1. The van der Waals surface area contributed by atoms with Crippen LogP contribution >= 0.6 is 22.7 Å². The molecule has 1 aromatic carbocycles. The molecule has 44 heavy (non-hydrogen) atoms. The highest BCUT2D eigenvalue weighted by Gasteiger charge is 2.34. The summed E-state index contributed by atoms with van der Waals surface area (Å²) in [4.78, 5) is 34.3. The quantitative estimate of drug-likeness (QED) is 0.205. The van der Waals surface area contributed by atoms with Crippen molar-refractivity contribution >= 4 is 34.7 Å². The Morgan fingerprint density at radius 1 is 1.14 bits per heavy atom. The first kappa shape index (κ1) is 31.4. The van der Waals surface area contributed by atoms with E-state index in [1.165, 1.54) is 16.9 Å². The number of hydrogen-bond acceptors (Lipinski definition) is 7. The van der Waals surface area contributed by atoms with Crippen LogP contribution in [0.15, 0.2) is 51.4 Å². The summed E-state index contributed by atoms with van der Waals surface area (Å²) in [5.41, 5.74) is 7.43. The summed E-state index contributed by atoms with van der Waals surface area (Å²) < 4.78 is 9.82. The number of thiazole rings is 1. The van der Waals surface area contributed by atoms with Gasteiger partial charge in [0.05, 0.1) is 34.0 Å². The molecule has 1 aliphatic heterocycles. The van der Waals surface area contributed by atoms with Gasteiger partial charge in [-0.1, -0.05) is 62.8 Å². The fraction of sp³-hybridized carbons (Fsp3) is 0.371. The van der Waals surface area contributed by atoms with Gasteiger partial charge in [-0.2, -0.15) is 5.26 Å². The van der Waals surface area contributed by atoms with Crippen molar-refractivity contribution in [1.29, 1.82) is 5.26 Å². The average Bonchev–Trinajstić information content (AvgIpc) is 3.56. The molecular formula is C35H38N4O3S2. The van der Waals surface area contributed by atoms with Crippen LogP contribution in [0.3, 0.4) is 0 Å². The van der Waals surface area contributed by atoms with E-state index in [1.54, 1.807) is 22.8 Å². The highest BCUT2D eigenvalue weighted by molar-refractivity contribution is 7.15. The van der Waals surface area contributed by atoms with Crippen molar-refractivity contribution in [2.45, 2.75) is 80.2 Å². The number of hydrogen-bond donors (Lipinski definition) is 0. The van der Waals surface area contributed by atoms with Gasteiger partial charge in [0.2, 0.25) is 0 Å². The Balaban J connectivity index is 1.73. The Labute approximate surface area is 266 Å². The van der Waals surface area contributed by atoms with Crippen molar-refractivity contribution in [2.24, 2.45) is 4.99 Å². The van der Waals surface area contributed by atoms with Gasteiger partial charge >= 0.3 is 5.97 Å². The molecule has 9 heteroatoms. The second-order valence-electron chi connectivity index (χ2n) is 11.5. The van der Waals surface area contributed by atoms with Gasteiger partial charge < -0.3 is 9.30 Å². The number of aromatic nitrogens is 2. The van der Waals surface area contributed by atoms with E-state index >= 15 is 0 Å². The summed E-state index contributed by atoms with van der Waals surface area (Å²) in [6.45, 7) is 16.4. The molecule has 0 aliphatic carbocycles. The van der Waals surface area contributed by atoms with Gasteiger partial charge in [-0.15, -0.1) is 11.3 Å². The highest BCUT2D eigenvalue weighted by atomic mass is 32.1. The van der Waals surface area contributed by atoms with Gasteiger partial charge in [-0.25, -0.2) is 9.79 Å². The molecular weight excluding hydrogens is 589 g/mol. The van der Waals surface area contributed by atoms with Crippen molar-refractivity contribution < 1.29 is 9.53 Å². The van der Waals surface area contributed by atoms with Crippen molar-refractivity contribution in [3.8, 4) is 11.1 Å². The lowest BCUT2D eigenvalue weighted by Crippen LogP contribution is -2.40. The van der Waals surface area contributed by atoms with Crippen LogP contribution < -0.4 is 14.9 Å². The SMILES string of the molecule is CCCC1=C(C(=O)OCC)[C@H](c2ccc(C(C)C)cc2)n2c(s/c(=C/c3cc(C)n(-c4sc(C)c(C)c4C#N)c3C)c2=O)=N1. The molecule has 4 aromatic rings. The van der Waals surface area contributed by atoms with E-state index in [-0.39, 0.29) is 12.2 Å². The maximum absolute atomic E-state index is 14.2. The first-order valence-corrected chi connectivity index (χ1v) is 16.7. The predicted molar refractivity (Wildman–Crippen MR) is 177 cm³/mol. The standard InChI is InChI=1S/C35H38N4O3S2/c1-9-11-28-30(34(41)42-10-2)31(25-14-12-24(13-15-25)19(3)4)39-32(40)29(44-35(39)37-28)17-26-16-20(5)38(22(26)7)33-27(18-36)21(6)23(8)43-33/h12-17,19,31H,9-11H2,1-8H3/b29-17+/t31-/m0/s1. The Morgan fingerprint density at radius 3 is 2.45 bits per heavy atom. The first-order chi connectivity index (χ1) is 21.0. The monoisotopic (exact) mass is 626 g/mol. The molecule has 7 nitrogen and oxygen atoms in total. The van der Waals surface area contributed by atoms with Crippen LogP contribution in [0.25, 0.3) is 11.1 Å². The zero-order chi connectivity index (χ0) is 31.9. The minimum atomic E-state index is -0.641. The normalized spacial score (nSPS) is 15.0. The molecule has 0 saturated carbocycles. The molecule has 5 rings (SSSR count). The van der Waals surface area contributed by atoms with Gasteiger partial charge in [0, 0.05) is 16.3 Å². The number of esters is 1. The minimum Gasteiger partial charge on any atom is -0.463 e. The fourth-order valence-electron chi connectivity index (χ4n) is 5.79. The summed E-state index contributed by atoms with van der Waals surface area (Å²) in [6, 6.07) is 11.9. The summed E-state index contributed by atoms with van der Waals surface area (Å²) in [5.74, 6) is -0.0858. The van der Waals surface area contributed by atoms with Crippen LogP contribution in [-0.4, -0.2) is 21.7 Å². The third-order valence-corrected chi connectivity index (χ3v) is 10.4. The predicted octanol–water partition coefficient (Wildman–Crippen LogP) is 6.66. The van der Waals surface area contributed by atoms with E-state index < -0.39 is 12.0 Å². The number of benzene rings is 1. The van der Waals surface area contributed by atoms with Crippen LogP contribution in [0.5, 0.6) is 0 Å². The molecule has 0 N–H and O–H groups in total. The van der Waals surface area contributed by atoms with Crippen LogP contribution in [-0.2, 0) is 9.53 Å². The third kappa shape index (κ3) is 5.42. The fourth-order valence-corrected chi connectivity index (χ4v) is 8.01. The average molecular weight is 627 g/mol. The van der Waals surface area contributed by atoms with Crippen LogP contribution in [0.4, 0.5) is 0 Å². The minimum absolute atomic E-state index is 0.200. The molecule has 1 aliphatic rings. The zero-order valence-electron chi connectivity index (χ0n) is 26.6. The van der Waals surface area contributed by atoms with Gasteiger partial charge in [-0.05, 0) is 81.4 Å². The van der Waals surface area contributed by atoms with E-state index in [0.29, 0.717) is 38.5 Å². The molecule has 0 spiro atoms. The summed E-state index contributed by atoms with van der Waals surface area (Å²) in [6.07, 6.45) is 3.31. The molecule has 3 aromatic heterocycles. The molecule has 4 heterocycles. The van der Waals surface area contributed by atoms with Crippen molar-refractivity contribution in [1.82, 2.24) is 9.13 Å². The maximum Gasteiger partial charge on any atom is 0.338 e. The molecule has 0 radical (unpaired) electrons. The largest absolute Gasteiger partial charge is 0.463 e. The number of thiophene rings is 1. The van der Waals surface area contributed by atoms with E-state index in [1.807, 2.05) is 52.0 Å². The van der Waals surface area contributed by atoms with Crippen LogP contribution in [0.1, 0.15) is 96.6 Å². The Morgan fingerprint density at radius 2 is 1.84 bits per heavy atom.